The molecule has 1 unspecified atom stereocenters. The molecule has 0 amide bonds. The Labute approximate surface area is 114 Å². The Morgan fingerprint density at radius 2 is 2.00 bits per heavy atom. The molecule has 0 aromatic heterocycles. The lowest BCUT2D eigenvalue weighted by Crippen LogP contribution is -2.53. The van der Waals surface area contributed by atoms with Gasteiger partial charge in [0.25, 0.3) is 0 Å². The van der Waals surface area contributed by atoms with Crippen LogP contribution < -0.4 is 19.7 Å². The average Bonchev–Trinajstić information content (AvgIpc) is 2.46. The summed E-state index contributed by atoms with van der Waals surface area (Å²) in [6.45, 7) is 8.98. The highest BCUT2D eigenvalue weighted by atomic mass is 16.6. The lowest BCUT2D eigenvalue weighted by molar-refractivity contribution is 0.171. The number of anilines is 1. The summed E-state index contributed by atoms with van der Waals surface area (Å²) in [5.41, 5.74) is 1.24. The van der Waals surface area contributed by atoms with Gasteiger partial charge in [-0.3, -0.25) is 0 Å². The van der Waals surface area contributed by atoms with Crippen LogP contribution in [0.3, 0.4) is 0 Å². The van der Waals surface area contributed by atoms with Crippen LogP contribution in [0.4, 0.5) is 5.69 Å². The van der Waals surface area contributed by atoms with E-state index in [4.69, 9.17) is 9.47 Å². The molecule has 4 nitrogen and oxygen atoms in total. The van der Waals surface area contributed by atoms with Gasteiger partial charge in [-0.2, -0.15) is 0 Å². The summed E-state index contributed by atoms with van der Waals surface area (Å²) in [7, 11) is 0. The summed E-state index contributed by atoms with van der Waals surface area (Å²) in [6, 6.07) is 6.84. The highest BCUT2D eigenvalue weighted by Crippen LogP contribution is 2.35. The van der Waals surface area contributed by atoms with E-state index in [-0.39, 0.29) is 0 Å². The molecule has 1 aromatic rings. The number of nitrogens with zero attached hydrogens (tertiary/aromatic N) is 1. The molecule has 2 aliphatic heterocycles. The van der Waals surface area contributed by atoms with Crippen LogP contribution in [-0.2, 0) is 0 Å². The molecule has 1 atom stereocenters. The van der Waals surface area contributed by atoms with E-state index in [1.807, 2.05) is 6.07 Å². The number of ether oxygens (including phenoxy) is 2. The average molecular weight is 262 g/mol. The summed E-state index contributed by atoms with van der Waals surface area (Å²) in [4.78, 5) is 2.49. The number of hydrogen-bond donors (Lipinski definition) is 1. The number of hydrogen-bond acceptors (Lipinski definition) is 4. The fraction of sp³-hybridized carbons (Fsp3) is 0.600. The molecule has 0 bridgehead atoms. The van der Waals surface area contributed by atoms with Crippen molar-refractivity contribution in [3.8, 4) is 11.5 Å². The fourth-order valence-corrected chi connectivity index (χ4v) is 2.85. The Bertz CT molecular complexity index is 448. The second-order valence-corrected chi connectivity index (χ2v) is 5.54. The first-order valence-electron chi connectivity index (χ1n) is 7.13. The van der Waals surface area contributed by atoms with Gasteiger partial charge in [-0.1, -0.05) is 13.8 Å². The van der Waals surface area contributed by atoms with Gasteiger partial charge in [-0.25, -0.2) is 0 Å². The third-order valence-corrected chi connectivity index (χ3v) is 3.91. The minimum absolute atomic E-state index is 0.538. The summed E-state index contributed by atoms with van der Waals surface area (Å²) < 4.78 is 11.3. The zero-order chi connectivity index (χ0) is 13.2. The van der Waals surface area contributed by atoms with Crippen molar-refractivity contribution >= 4 is 5.69 Å². The van der Waals surface area contributed by atoms with Crippen molar-refractivity contribution < 1.29 is 9.47 Å². The lowest BCUT2D eigenvalue weighted by Gasteiger charge is -2.40. The molecule has 2 aliphatic rings. The first-order chi connectivity index (χ1) is 9.25. The summed E-state index contributed by atoms with van der Waals surface area (Å²) in [5.74, 6) is 2.37. The zero-order valence-electron chi connectivity index (χ0n) is 11.7. The Morgan fingerprint density at radius 1 is 1.21 bits per heavy atom. The Hall–Kier alpha value is -1.42. The molecule has 0 saturated carbocycles. The number of nitrogens with one attached hydrogen (secondary N) is 1. The molecule has 0 aliphatic carbocycles. The molecule has 4 heteroatoms. The Morgan fingerprint density at radius 3 is 2.79 bits per heavy atom. The molecule has 3 rings (SSSR count). The van der Waals surface area contributed by atoms with Crippen molar-refractivity contribution in [1.82, 2.24) is 5.32 Å². The molecule has 1 N–H and O–H groups in total. The fourth-order valence-electron chi connectivity index (χ4n) is 2.85. The van der Waals surface area contributed by atoms with E-state index in [1.54, 1.807) is 0 Å². The van der Waals surface area contributed by atoms with Gasteiger partial charge in [0.05, 0.1) is 0 Å². The molecule has 0 spiro atoms. The molecule has 19 heavy (non-hydrogen) atoms. The van der Waals surface area contributed by atoms with E-state index in [1.165, 1.54) is 5.69 Å². The van der Waals surface area contributed by atoms with E-state index < -0.39 is 0 Å². The predicted molar refractivity (Wildman–Crippen MR) is 76.3 cm³/mol. The maximum atomic E-state index is 5.68. The SMILES string of the molecule is CC(C)C1CNCCN1c1ccc2c(c1)OCCO2. The first-order valence-corrected chi connectivity index (χ1v) is 7.13. The molecule has 2 heterocycles. The minimum atomic E-state index is 0.538. The Kier molecular flexibility index (Phi) is 3.51. The van der Waals surface area contributed by atoms with Crippen LogP contribution in [0, 0.1) is 5.92 Å². The predicted octanol–water partition coefficient (Wildman–Crippen LogP) is 1.89. The van der Waals surface area contributed by atoms with Gasteiger partial charge in [0, 0.05) is 37.4 Å². The van der Waals surface area contributed by atoms with Gasteiger partial charge >= 0.3 is 0 Å². The number of fused-ring (bicyclic) bond motifs is 1. The first kappa shape index (κ1) is 12.6. The third kappa shape index (κ3) is 2.50. The topological polar surface area (TPSA) is 33.7 Å². The van der Waals surface area contributed by atoms with Crippen molar-refractivity contribution in [2.75, 3.05) is 37.7 Å². The van der Waals surface area contributed by atoms with Crippen molar-refractivity contribution in [2.45, 2.75) is 19.9 Å². The van der Waals surface area contributed by atoms with Gasteiger partial charge < -0.3 is 19.7 Å². The van der Waals surface area contributed by atoms with Gasteiger partial charge in [-0.15, -0.1) is 0 Å². The van der Waals surface area contributed by atoms with E-state index in [9.17, 15) is 0 Å². The van der Waals surface area contributed by atoms with Crippen LogP contribution in [0.5, 0.6) is 11.5 Å². The van der Waals surface area contributed by atoms with Crippen molar-refractivity contribution in [3.63, 3.8) is 0 Å². The largest absolute Gasteiger partial charge is 0.486 e. The van der Waals surface area contributed by atoms with E-state index in [0.29, 0.717) is 25.2 Å². The van der Waals surface area contributed by atoms with Crippen LogP contribution >= 0.6 is 0 Å². The van der Waals surface area contributed by atoms with Crippen molar-refractivity contribution in [1.29, 1.82) is 0 Å². The molecule has 0 radical (unpaired) electrons. The quantitative estimate of drug-likeness (QED) is 0.882. The highest BCUT2D eigenvalue weighted by Gasteiger charge is 2.26. The van der Waals surface area contributed by atoms with Crippen molar-refractivity contribution in [3.05, 3.63) is 18.2 Å². The maximum Gasteiger partial charge on any atom is 0.163 e. The van der Waals surface area contributed by atoms with Crippen LogP contribution in [0.15, 0.2) is 18.2 Å². The summed E-state index contributed by atoms with van der Waals surface area (Å²) in [6.07, 6.45) is 0. The summed E-state index contributed by atoms with van der Waals surface area (Å²) >= 11 is 0. The second-order valence-electron chi connectivity index (χ2n) is 5.54. The van der Waals surface area contributed by atoms with Gasteiger partial charge in [0.1, 0.15) is 13.2 Å². The van der Waals surface area contributed by atoms with E-state index in [2.05, 4.69) is 36.2 Å². The molecule has 1 fully saturated rings. The Balaban J connectivity index is 1.87. The van der Waals surface area contributed by atoms with Gasteiger partial charge in [0.2, 0.25) is 0 Å². The minimum Gasteiger partial charge on any atom is -0.486 e. The van der Waals surface area contributed by atoms with Gasteiger partial charge in [0.15, 0.2) is 11.5 Å². The molecule has 1 aromatic carbocycles. The highest BCUT2D eigenvalue weighted by molar-refractivity contribution is 5.57. The maximum absolute atomic E-state index is 5.68. The lowest BCUT2D eigenvalue weighted by atomic mass is 9.99. The van der Waals surface area contributed by atoms with Crippen LogP contribution in [0.2, 0.25) is 0 Å². The van der Waals surface area contributed by atoms with E-state index in [0.717, 1.165) is 31.1 Å². The smallest absolute Gasteiger partial charge is 0.163 e. The van der Waals surface area contributed by atoms with Crippen LogP contribution in [0.1, 0.15) is 13.8 Å². The molecular weight excluding hydrogens is 240 g/mol. The van der Waals surface area contributed by atoms with E-state index >= 15 is 0 Å². The number of benzene rings is 1. The number of rotatable bonds is 2. The zero-order valence-corrected chi connectivity index (χ0v) is 11.7. The monoisotopic (exact) mass is 262 g/mol. The standard InChI is InChI=1S/C15H22N2O2/c1-11(2)13-10-16-5-6-17(13)12-3-4-14-15(9-12)19-8-7-18-14/h3-4,9,11,13,16H,5-8,10H2,1-2H3. The van der Waals surface area contributed by atoms with Gasteiger partial charge in [-0.05, 0) is 18.1 Å². The second kappa shape index (κ2) is 5.29. The van der Waals surface area contributed by atoms with Crippen molar-refractivity contribution in [2.24, 2.45) is 5.92 Å². The molecule has 104 valence electrons. The number of piperazine rings is 1. The third-order valence-electron chi connectivity index (χ3n) is 3.91. The van der Waals surface area contributed by atoms with Crippen LogP contribution in [-0.4, -0.2) is 38.9 Å². The molecular formula is C15H22N2O2. The normalized spacial score (nSPS) is 22.7. The molecule has 1 saturated heterocycles. The van der Waals surface area contributed by atoms with Crippen LogP contribution in [0.25, 0.3) is 0 Å². The summed E-state index contributed by atoms with van der Waals surface area (Å²) in [5, 5.41) is 3.48.